The van der Waals surface area contributed by atoms with Crippen molar-refractivity contribution >= 4 is 23.6 Å². The second kappa shape index (κ2) is 6.55. The van der Waals surface area contributed by atoms with Gasteiger partial charge in [0.05, 0.1) is 5.25 Å². The number of nitrogens with two attached hydrogens (primary N) is 1. The van der Waals surface area contributed by atoms with Gasteiger partial charge >= 0.3 is 0 Å². The second-order valence-corrected chi connectivity index (χ2v) is 5.72. The zero-order valence-electron chi connectivity index (χ0n) is 11.6. The monoisotopic (exact) mass is 285 g/mol. The van der Waals surface area contributed by atoms with E-state index in [4.69, 9.17) is 5.73 Å². The third kappa shape index (κ3) is 4.23. The SMILES string of the molecule is C[C@@H](Sc1nnc(CCC(N)=O)n1C)C(=O)N(C)C. The van der Waals surface area contributed by atoms with Crippen LogP contribution in [0.1, 0.15) is 19.2 Å². The molecule has 0 fully saturated rings. The van der Waals surface area contributed by atoms with Crippen LogP contribution in [-0.4, -0.2) is 50.8 Å². The summed E-state index contributed by atoms with van der Waals surface area (Å²) in [6.07, 6.45) is 0.693. The van der Waals surface area contributed by atoms with Crippen molar-refractivity contribution in [2.45, 2.75) is 30.2 Å². The lowest BCUT2D eigenvalue weighted by Crippen LogP contribution is -2.29. The smallest absolute Gasteiger partial charge is 0.235 e. The van der Waals surface area contributed by atoms with E-state index in [1.54, 1.807) is 23.6 Å². The molecule has 1 rings (SSSR count). The largest absolute Gasteiger partial charge is 0.370 e. The van der Waals surface area contributed by atoms with Gasteiger partial charge in [-0.15, -0.1) is 10.2 Å². The first kappa shape index (κ1) is 15.5. The molecule has 0 radical (unpaired) electrons. The average molecular weight is 285 g/mol. The van der Waals surface area contributed by atoms with E-state index < -0.39 is 0 Å². The third-order valence-corrected chi connectivity index (χ3v) is 3.71. The Hall–Kier alpha value is -1.57. The first-order valence-corrected chi connectivity index (χ1v) is 6.75. The van der Waals surface area contributed by atoms with Gasteiger partial charge < -0.3 is 15.2 Å². The molecule has 1 heterocycles. The molecule has 0 unspecified atom stereocenters. The molecule has 1 aromatic heterocycles. The lowest BCUT2D eigenvalue weighted by Gasteiger charge is -2.15. The van der Waals surface area contributed by atoms with Crippen molar-refractivity contribution in [3.63, 3.8) is 0 Å². The summed E-state index contributed by atoms with van der Waals surface area (Å²) in [6, 6.07) is 0. The van der Waals surface area contributed by atoms with E-state index in [0.29, 0.717) is 17.4 Å². The van der Waals surface area contributed by atoms with Gasteiger partial charge in [0.15, 0.2) is 5.16 Å². The minimum atomic E-state index is -0.367. The highest BCUT2D eigenvalue weighted by Gasteiger charge is 2.20. The average Bonchev–Trinajstić information content (AvgIpc) is 2.67. The molecular weight excluding hydrogens is 266 g/mol. The Labute approximate surface area is 116 Å². The van der Waals surface area contributed by atoms with Crippen LogP contribution in [0.4, 0.5) is 0 Å². The van der Waals surface area contributed by atoms with E-state index in [2.05, 4.69) is 10.2 Å². The predicted molar refractivity (Wildman–Crippen MR) is 72.5 cm³/mol. The van der Waals surface area contributed by atoms with Gasteiger partial charge in [-0.1, -0.05) is 11.8 Å². The number of hydrogen-bond donors (Lipinski definition) is 1. The Bertz CT molecular complexity index is 472. The van der Waals surface area contributed by atoms with Crippen LogP contribution in [0.3, 0.4) is 0 Å². The summed E-state index contributed by atoms with van der Waals surface area (Å²) >= 11 is 1.34. The van der Waals surface area contributed by atoms with Crippen molar-refractivity contribution in [2.24, 2.45) is 12.8 Å². The highest BCUT2D eigenvalue weighted by molar-refractivity contribution is 8.00. The Kier molecular flexibility index (Phi) is 5.34. The molecule has 0 aliphatic heterocycles. The second-order valence-electron chi connectivity index (χ2n) is 4.42. The van der Waals surface area contributed by atoms with Crippen LogP contribution in [-0.2, 0) is 23.1 Å². The van der Waals surface area contributed by atoms with Crippen molar-refractivity contribution in [3.05, 3.63) is 5.82 Å². The van der Waals surface area contributed by atoms with E-state index in [1.807, 2.05) is 14.0 Å². The maximum Gasteiger partial charge on any atom is 0.235 e. The van der Waals surface area contributed by atoms with Gasteiger partial charge in [0, 0.05) is 34.0 Å². The first-order chi connectivity index (χ1) is 8.82. The maximum absolute atomic E-state index is 11.8. The van der Waals surface area contributed by atoms with Crippen molar-refractivity contribution in [2.75, 3.05) is 14.1 Å². The fourth-order valence-corrected chi connectivity index (χ4v) is 2.45. The summed E-state index contributed by atoms with van der Waals surface area (Å²) < 4.78 is 1.78. The first-order valence-electron chi connectivity index (χ1n) is 5.87. The quantitative estimate of drug-likeness (QED) is 0.731. The number of nitrogens with zero attached hydrogens (tertiary/aromatic N) is 4. The molecular formula is C11H19N5O2S. The molecule has 0 aliphatic carbocycles. The molecule has 0 aromatic carbocycles. The van der Waals surface area contributed by atoms with E-state index >= 15 is 0 Å². The van der Waals surface area contributed by atoms with E-state index in [1.165, 1.54) is 11.8 Å². The molecule has 0 bridgehead atoms. The molecule has 0 spiro atoms. The van der Waals surface area contributed by atoms with Gasteiger partial charge in [-0.05, 0) is 6.92 Å². The minimum absolute atomic E-state index is 0.0201. The number of carbonyl (C=O) groups excluding carboxylic acids is 2. The van der Waals surface area contributed by atoms with Crippen molar-refractivity contribution in [1.82, 2.24) is 19.7 Å². The topological polar surface area (TPSA) is 94.1 Å². The maximum atomic E-state index is 11.8. The molecule has 0 saturated heterocycles. The van der Waals surface area contributed by atoms with E-state index in [0.717, 1.165) is 0 Å². The molecule has 106 valence electrons. The van der Waals surface area contributed by atoms with Crippen molar-refractivity contribution < 1.29 is 9.59 Å². The molecule has 7 nitrogen and oxygen atoms in total. The summed E-state index contributed by atoms with van der Waals surface area (Å²) in [6.45, 7) is 1.82. The number of amides is 2. The number of primary amides is 1. The molecule has 1 atom stereocenters. The molecule has 1 aromatic rings. The highest BCUT2D eigenvalue weighted by atomic mass is 32.2. The fraction of sp³-hybridized carbons (Fsp3) is 0.636. The zero-order chi connectivity index (χ0) is 14.6. The van der Waals surface area contributed by atoms with Gasteiger partial charge in [0.2, 0.25) is 11.8 Å². The summed E-state index contributed by atoms with van der Waals surface area (Å²) in [7, 11) is 5.24. The predicted octanol–water partition coefficient (Wildman–Crippen LogP) is -0.198. The lowest BCUT2D eigenvalue weighted by atomic mass is 10.3. The summed E-state index contributed by atoms with van der Waals surface area (Å²) in [5.41, 5.74) is 5.10. The Morgan fingerprint density at radius 3 is 2.58 bits per heavy atom. The highest BCUT2D eigenvalue weighted by Crippen LogP contribution is 2.22. The third-order valence-electron chi connectivity index (χ3n) is 2.59. The van der Waals surface area contributed by atoms with Crippen LogP contribution in [0.25, 0.3) is 0 Å². The van der Waals surface area contributed by atoms with Crippen LogP contribution < -0.4 is 5.73 Å². The molecule has 19 heavy (non-hydrogen) atoms. The summed E-state index contributed by atoms with van der Waals surface area (Å²) in [4.78, 5) is 24.1. The van der Waals surface area contributed by atoms with Crippen LogP contribution >= 0.6 is 11.8 Å². The van der Waals surface area contributed by atoms with Gasteiger partial charge in [-0.3, -0.25) is 9.59 Å². The van der Waals surface area contributed by atoms with Gasteiger partial charge in [-0.25, -0.2) is 0 Å². The fourth-order valence-electron chi connectivity index (χ4n) is 1.47. The van der Waals surface area contributed by atoms with Crippen molar-refractivity contribution in [3.8, 4) is 0 Å². The molecule has 2 amide bonds. The molecule has 8 heteroatoms. The number of aromatic nitrogens is 3. The standard InChI is InChI=1S/C11H19N5O2S/c1-7(10(18)15(2)3)19-11-14-13-9(16(11)4)6-5-8(12)17/h7H,5-6H2,1-4H3,(H2,12,17)/t7-/m1/s1. The van der Waals surface area contributed by atoms with Gasteiger partial charge in [0.25, 0.3) is 0 Å². The zero-order valence-corrected chi connectivity index (χ0v) is 12.4. The Morgan fingerprint density at radius 1 is 1.42 bits per heavy atom. The van der Waals surface area contributed by atoms with Crippen LogP contribution in [0.15, 0.2) is 5.16 Å². The normalized spacial score (nSPS) is 12.2. The van der Waals surface area contributed by atoms with E-state index in [9.17, 15) is 9.59 Å². The molecule has 2 N–H and O–H groups in total. The summed E-state index contributed by atoms with van der Waals surface area (Å²) in [5.74, 6) is 0.339. The Balaban J connectivity index is 2.70. The molecule has 0 saturated carbocycles. The number of thioether (sulfide) groups is 1. The van der Waals surface area contributed by atoms with Crippen LogP contribution in [0, 0.1) is 0 Å². The number of aryl methyl sites for hydroxylation is 1. The molecule has 0 aliphatic rings. The number of carbonyl (C=O) groups is 2. The minimum Gasteiger partial charge on any atom is -0.370 e. The van der Waals surface area contributed by atoms with Gasteiger partial charge in [0.1, 0.15) is 5.82 Å². The Morgan fingerprint density at radius 2 is 2.05 bits per heavy atom. The van der Waals surface area contributed by atoms with Gasteiger partial charge in [-0.2, -0.15) is 0 Å². The lowest BCUT2D eigenvalue weighted by molar-refractivity contribution is -0.127. The summed E-state index contributed by atoms with van der Waals surface area (Å²) in [5, 5.41) is 8.45. The van der Waals surface area contributed by atoms with Crippen LogP contribution in [0.2, 0.25) is 0 Å². The number of rotatable bonds is 6. The van der Waals surface area contributed by atoms with Crippen LogP contribution in [0.5, 0.6) is 0 Å². The van der Waals surface area contributed by atoms with E-state index in [-0.39, 0.29) is 23.5 Å². The number of hydrogen-bond acceptors (Lipinski definition) is 5. The van der Waals surface area contributed by atoms with Crippen molar-refractivity contribution in [1.29, 1.82) is 0 Å².